The van der Waals surface area contributed by atoms with Gasteiger partial charge in [-0.15, -0.1) is 0 Å². The van der Waals surface area contributed by atoms with E-state index in [4.69, 9.17) is 9.84 Å². The molecule has 2 rings (SSSR count). The van der Waals surface area contributed by atoms with Gasteiger partial charge in [0, 0.05) is 13.0 Å². The van der Waals surface area contributed by atoms with Gasteiger partial charge in [0.25, 0.3) is 0 Å². The molecule has 5 unspecified atom stereocenters. The zero-order valence-electron chi connectivity index (χ0n) is 11.4. The number of nitrogens with zero attached hydrogens (tertiary/aromatic N) is 1. The maximum atomic E-state index is 12.5. The molecule has 2 aliphatic rings. The first kappa shape index (κ1) is 14.3. The molecule has 0 spiro atoms. The first-order valence-corrected chi connectivity index (χ1v) is 6.69. The van der Waals surface area contributed by atoms with E-state index >= 15 is 0 Å². The predicted molar refractivity (Wildman–Crippen MR) is 66.4 cm³/mol. The highest BCUT2D eigenvalue weighted by molar-refractivity contribution is 5.86. The van der Waals surface area contributed by atoms with Gasteiger partial charge < -0.3 is 19.8 Å². The van der Waals surface area contributed by atoms with Crippen molar-refractivity contribution in [2.75, 3.05) is 6.54 Å². The Morgan fingerprint density at radius 1 is 1.21 bits per heavy atom. The number of likely N-dealkylation sites (tertiary alicyclic amines) is 1. The fourth-order valence-electron chi connectivity index (χ4n) is 3.18. The van der Waals surface area contributed by atoms with Gasteiger partial charge in [0.15, 0.2) is 0 Å². The van der Waals surface area contributed by atoms with Gasteiger partial charge >= 0.3 is 5.97 Å². The van der Waals surface area contributed by atoms with Gasteiger partial charge in [-0.1, -0.05) is 6.92 Å². The van der Waals surface area contributed by atoms with Crippen molar-refractivity contribution in [2.24, 2.45) is 11.8 Å². The van der Waals surface area contributed by atoms with Gasteiger partial charge in [-0.2, -0.15) is 0 Å². The molecule has 0 bridgehead atoms. The lowest BCUT2D eigenvalue weighted by atomic mass is 9.88. The summed E-state index contributed by atoms with van der Waals surface area (Å²) >= 11 is 0. The van der Waals surface area contributed by atoms with Crippen molar-refractivity contribution in [2.45, 2.75) is 51.5 Å². The Bertz CT molecular complexity index is 385. The van der Waals surface area contributed by atoms with Crippen LogP contribution in [0.3, 0.4) is 0 Å². The van der Waals surface area contributed by atoms with Crippen LogP contribution in [0.15, 0.2) is 0 Å². The van der Waals surface area contributed by atoms with E-state index in [0.29, 0.717) is 0 Å². The normalized spacial score (nSPS) is 42.6. The number of ether oxygens (including phenoxy) is 1. The molecular formula is C13H21NO5. The molecule has 0 aliphatic carbocycles. The van der Waals surface area contributed by atoms with Crippen LogP contribution >= 0.6 is 0 Å². The number of hydrogen-bond donors (Lipinski definition) is 2. The van der Waals surface area contributed by atoms with Crippen LogP contribution in [0.4, 0.5) is 0 Å². The maximum Gasteiger partial charge on any atom is 0.326 e. The number of carboxylic acids is 1. The van der Waals surface area contributed by atoms with E-state index in [9.17, 15) is 14.7 Å². The highest BCUT2D eigenvalue weighted by Gasteiger charge is 2.48. The third-order valence-corrected chi connectivity index (χ3v) is 4.37. The molecule has 108 valence electrons. The Morgan fingerprint density at radius 3 is 2.32 bits per heavy atom. The van der Waals surface area contributed by atoms with Crippen LogP contribution in [0.2, 0.25) is 0 Å². The number of rotatable bonds is 2. The third kappa shape index (κ3) is 2.47. The van der Waals surface area contributed by atoms with Crippen molar-refractivity contribution in [1.82, 2.24) is 4.90 Å². The fourth-order valence-corrected chi connectivity index (χ4v) is 3.18. The largest absolute Gasteiger partial charge is 0.480 e. The van der Waals surface area contributed by atoms with Gasteiger partial charge in [-0.3, -0.25) is 4.79 Å². The zero-order valence-corrected chi connectivity index (χ0v) is 11.4. The Morgan fingerprint density at radius 2 is 1.84 bits per heavy atom. The summed E-state index contributed by atoms with van der Waals surface area (Å²) in [6, 6.07) is -0.919. The van der Waals surface area contributed by atoms with Crippen molar-refractivity contribution in [3.05, 3.63) is 0 Å². The molecule has 6 atom stereocenters. The fraction of sp³-hybridized carbons (Fsp3) is 0.846. The number of carbonyl (C=O) groups is 2. The summed E-state index contributed by atoms with van der Waals surface area (Å²) in [5, 5.41) is 18.7. The van der Waals surface area contributed by atoms with E-state index in [0.717, 1.165) is 0 Å². The molecule has 0 aromatic rings. The van der Waals surface area contributed by atoms with Crippen LogP contribution < -0.4 is 0 Å². The Kier molecular flexibility index (Phi) is 3.82. The maximum absolute atomic E-state index is 12.5. The second-order valence-corrected chi connectivity index (χ2v) is 5.67. The van der Waals surface area contributed by atoms with Crippen molar-refractivity contribution < 1.29 is 24.5 Å². The molecule has 2 aliphatic heterocycles. The molecule has 2 saturated heterocycles. The summed E-state index contributed by atoms with van der Waals surface area (Å²) in [5.74, 6) is -1.55. The van der Waals surface area contributed by atoms with E-state index in [1.165, 1.54) is 4.90 Å². The van der Waals surface area contributed by atoms with E-state index in [2.05, 4.69) is 0 Å². The molecule has 2 heterocycles. The highest BCUT2D eigenvalue weighted by atomic mass is 16.5. The summed E-state index contributed by atoms with van der Waals surface area (Å²) in [6.45, 7) is 5.80. The van der Waals surface area contributed by atoms with Gasteiger partial charge in [0.1, 0.15) is 6.04 Å². The van der Waals surface area contributed by atoms with Crippen LogP contribution in [0, 0.1) is 11.8 Å². The van der Waals surface area contributed by atoms with E-state index in [1.54, 1.807) is 0 Å². The average molecular weight is 271 g/mol. The molecule has 2 N–H and O–H groups in total. The minimum Gasteiger partial charge on any atom is -0.480 e. The van der Waals surface area contributed by atoms with Gasteiger partial charge in [0.2, 0.25) is 5.91 Å². The minimum atomic E-state index is -1.06. The Hall–Kier alpha value is -1.14. The SMILES string of the molecule is CC1OC(C)C(C(=O)N2CC(O)C[C@@H]2C(=O)O)C1C. The van der Waals surface area contributed by atoms with E-state index in [1.807, 2.05) is 20.8 Å². The monoisotopic (exact) mass is 271 g/mol. The Labute approximate surface area is 112 Å². The van der Waals surface area contributed by atoms with Gasteiger partial charge in [0.05, 0.1) is 24.2 Å². The first-order chi connectivity index (χ1) is 8.82. The molecule has 0 saturated carbocycles. The zero-order chi connectivity index (χ0) is 14.3. The standard InChI is InChI=1S/C13H21NO5/c1-6-7(2)19-8(3)11(6)12(16)14-5-9(15)4-10(14)13(17)18/h6-11,15H,4-5H2,1-3H3,(H,17,18)/t6?,7?,8?,9?,10-,11?/m1/s1. The predicted octanol–water partition coefficient (Wildman–Crippen LogP) is 0.0923. The molecule has 2 fully saturated rings. The highest BCUT2D eigenvalue weighted by Crippen LogP contribution is 2.35. The average Bonchev–Trinajstić information content (AvgIpc) is 2.81. The third-order valence-electron chi connectivity index (χ3n) is 4.37. The number of aliphatic carboxylic acids is 1. The quantitative estimate of drug-likeness (QED) is 0.743. The van der Waals surface area contributed by atoms with Gasteiger partial charge in [-0.25, -0.2) is 4.79 Å². The number of aliphatic hydroxyl groups excluding tert-OH is 1. The van der Waals surface area contributed by atoms with Crippen LogP contribution in [0.5, 0.6) is 0 Å². The minimum absolute atomic E-state index is 0.0141. The van der Waals surface area contributed by atoms with Crippen LogP contribution in [-0.4, -0.2) is 57.9 Å². The van der Waals surface area contributed by atoms with Crippen LogP contribution in [0.1, 0.15) is 27.2 Å². The van der Waals surface area contributed by atoms with Crippen molar-refractivity contribution >= 4 is 11.9 Å². The number of carboxylic acid groups (broad SMARTS) is 1. The van der Waals surface area contributed by atoms with Crippen molar-refractivity contribution in [1.29, 1.82) is 0 Å². The number of aliphatic hydroxyl groups is 1. The first-order valence-electron chi connectivity index (χ1n) is 6.69. The second-order valence-electron chi connectivity index (χ2n) is 5.67. The van der Waals surface area contributed by atoms with E-state index < -0.39 is 18.1 Å². The molecule has 6 heteroatoms. The molecule has 0 aromatic carbocycles. The molecule has 1 amide bonds. The molecule has 19 heavy (non-hydrogen) atoms. The second kappa shape index (κ2) is 5.09. The number of β-amino-alcohol motifs (C(OH)–C–C–N with tert-alkyl or cyclic N) is 1. The summed E-state index contributed by atoms with van der Waals surface area (Å²) in [5.41, 5.74) is 0. The van der Waals surface area contributed by atoms with Gasteiger partial charge in [-0.05, 0) is 19.8 Å². The topological polar surface area (TPSA) is 87.1 Å². The lowest BCUT2D eigenvalue weighted by Gasteiger charge is -2.27. The molecular weight excluding hydrogens is 250 g/mol. The summed E-state index contributed by atoms with van der Waals surface area (Å²) in [7, 11) is 0. The summed E-state index contributed by atoms with van der Waals surface area (Å²) < 4.78 is 5.63. The molecule has 0 radical (unpaired) electrons. The van der Waals surface area contributed by atoms with Crippen LogP contribution in [-0.2, 0) is 14.3 Å². The number of hydrogen-bond acceptors (Lipinski definition) is 4. The van der Waals surface area contributed by atoms with E-state index in [-0.39, 0.29) is 42.9 Å². The smallest absolute Gasteiger partial charge is 0.326 e. The van der Waals surface area contributed by atoms with Crippen molar-refractivity contribution in [3.63, 3.8) is 0 Å². The lowest BCUT2D eigenvalue weighted by Crippen LogP contribution is -2.46. The molecule has 0 aromatic heterocycles. The lowest BCUT2D eigenvalue weighted by molar-refractivity contribution is -0.151. The van der Waals surface area contributed by atoms with Crippen LogP contribution in [0.25, 0.3) is 0 Å². The van der Waals surface area contributed by atoms with Crippen molar-refractivity contribution in [3.8, 4) is 0 Å². The Balaban J connectivity index is 2.17. The molecule has 6 nitrogen and oxygen atoms in total. The summed E-state index contributed by atoms with van der Waals surface area (Å²) in [6.07, 6.45) is -0.882. The number of carbonyl (C=O) groups excluding carboxylic acids is 1. The number of amides is 1. The summed E-state index contributed by atoms with van der Waals surface area (Å²) in [4.78, 5) is 25.0.